The molecule has 23 heavy (non-hydrogen) atoms. The van der Waals surface area contributed by atoms with E-state index in [1.165, 1.54) is 0 Å². The second-order valence-corrected chi connectivity index (χ2v) is 5.89. The average molecular weight is 311 g/mol. The Hall–Kier alpha value is -2.63. The number of benzene rings is 1. The maximum atomic E-state index is 12.1. The van der Waals surface area contributed by atoms with E-state index < -0.39 is 0 Å². The first-order valence-corrected chi connectivity index (χ1v) is 7.83. The molecule has 6 nitrogen and oxygen atoms in total. The molecule has 0 spiro atoms. The summed E-state index contributed by atoms with van der Waals surface area (Å²) in [6.07, 6.45) is 3.65. The van der Waals surface area contributed by atoms with Crippen LogP contribution in [0.3, 0.4) is 0 Å². The third kappa shape index (κ3) is 3.41. The summed E-state index contributed by atoms with van der Waals surface area (Å²) in [5.74, 6) is 1.26. The van der Waals surface area contributed by atoms with Gasteiger partial charge in [-0.05, 0) is 17.5 Å². The molecule has 1 amide bonds. The fourth-order valence-electron chi connectivity index (χ4n) is 2.69. The molecule has 0 atom stereocenters. The quantitative estimate of drug-likeness (QED) is 0.759. The van der Waals surface area contributed by atoms with Crippen molar-refractivity contribution in [2.45, 2.75) is 32.9 Å². The van der Waals surface area contributed by atoms with Crippen LogP contribution in [0.5, 0.6) is 0 Å². The largest absolute Gasteiger partial charge is 0.353 e. The molecule has 3 rings (SSSR count). The zero-order chi connectivity index (χ0) is 16.2. The standard InChI is InChI=1S/C17H21N5O/c1-13(2)17-20-19-12-22(17)10-8-18-16(23)11-21-9-7-14-5-3-4-6-15(14)21/h3-7,9,12-13H,8,10-11H2,1-2H3,(H,18,23). The van der Waals surface area contributed by atoms with Crippen LogP contribution in [0.25, 0.3) is 10.9 Å². The highest BCUT2D eigenvalue weighted by Gasteiger charge is 2.09. The highest BCUT2D eigenvalue weighted by Crippen LogP contribution is 2.14. The molecule has 0 saturated heterocycles. The SMILES string of the molecule is CC(C)c1nncn1CCNC(=O)Cn1ccc2ccccc21. The topological polar surface area (TPSA) is 64.7 Å². The summed E-state index contributed by atoms with van der Waals surface area (Å²) in [4.78, 5) is 12.1. The Kier molecular flexibility index (Phi) is 4.41. The summed E-state index contributed by atoms with van der Waals surface area (Å²) in [5.41, 5.74) is 1.07. The summed E-state index contributed by atoms with van der Waals surface area (Å²) in [6.45, 7) is 5.73. The number of amides is 1. The Labute approximate surface area is 135 Å². The third-order valence-corrected chi connectivity index (χ3v) is 3.83. The molecule has 0 fully saturated rings. The van der Waals surface area contributed by atoms with Crippen LogP contribution in [0.2, 0.25) is 0 Å². The average Bonchev–Trinajstić information content (AvgIpc) is 3.15. The lowest BCUT2D eigenvalue weighted by Crippen LogP contribution is -2.30. The first-order valence-electron chi connectivity index (χ1n) is 7.83. The second-order valence-electron chi connectivity index (χ2n) is 5.89. The van der Waals surface area contributed by atoms with E-state index in [1.807, 2.05) is 45.7 Å². The molecule has 0 saturated carbocycles. The zero-order valence-electron chi connectivity index (χ0n) is 13.4. The number of fused-ring (bicyclic) bond motifs is 1. The van der Waals surface area contributed by atoms with E-state index in [4.69, 9.17) is 0 Å². The van der Waals surface area contributed by atoms with Crippen LogP contribution < -0.4 is 5.32 Å². The third-order valence-electron chi connectivity index (χ3n) is 3.83. The first-order chi connectivity index (χ1) is 11.1. The minimum Gasteiger partial charge on any atom is -0.353 e. The van der Waals surface area contributed by atoms with Gasteiger partial charge in [-0.2, -0.15) is 0 Å². The van der Waals surface area contributed by atoms with Gasteiger partial charge in [-0.25, -0.2) is 0 Å². The van der Waals surface area contributed by atoms with Gasteiger partial charge >= 0.3 is 0 Å². The molecule has 0 unspecified atom stereocenters. The Balaban J connectivity index is 1.55. The van der Waals surface area contributed by atoms with Gasteiger partial charge in [0.25, 0.3) is 0 Å². The summed E-state index contributed by atoms with van der Waals surface area (Å²) >= 11 is 0. The first kappa shape index (κ1) is 15.3. The van der Waals surface area contributed by atoms with E-state index in [-0.39, 0.29) is 5.91 Å². The van der Waals surface area contributed by atoms with Crippen molar-refractivity contribution in [1.29, 1.82) is 0 Å². The number of carbonyl (C=O) groups is 1. The smallest absolute Gasteiger partial charge is 0.240 e. The predicted molar refractivity (Wildman–Crippen MR) is 89.1 cm³/mol. The van der Waals surface area contributed by atoms with Crippen molar-refractivity contribution >= 4 is 16.8 Å². The van der Waals surface area contributed by atoms with Crippen molar-refractivity contribution in [3.63, 3.8) is 0 Å². The molecule has 1 aromatic carbocycles. The van der Waals surface area contributed by atoms with Gasteiger partial charge in [0.2, 0.25) is 5.91 Å². The van der Waals surface area contributed by atoms with Crippen LogP contribution in [-0.4, -0.2) is 31.8 Å². The number of rotatable bonds is 6. The zero-order valence-corrected chi connectivity index (χ0v) is 13.4. The van der Waals surface area contributed by atoms with Crippen molar-refractivity contribution in [3.8, 4) is 0 Å². The molecule has 0 aliphatic carbocycles. The van der Waals surface area contributed by atoms with E-state index in [1.54, 1.807) is 6.33 Å². The predicted octanol–water partition coefficient (Wildman–Crippen LogP) is 2.17. The van der Waals surface area contributed by atoms with Gasteiger partial charge in [-0.1, -0.05) is 32.0 Å². The van der Waals surface area contributed by atoms with Crippen molar-refractivity contribution in [2.24, 2.45) is 0 Å². The molecular weight excluding hydrogens is 290 g/mol. The molecule has 6 heteroatoms. The van der Waals surface area contributed by atoms with Crippen LogP contribution in [0.4, 0.5) is 0 Å². The van der Waals surface area contributed by atoms with Gasteiger partial charge in [0, 0.05) is 30.7 Å². The molecule has 0 radical (unpaired) electrons. The van der Waals surface area contributed by atoms with Crippen LogP contribution in [0, 0.1) is 0 Å². The monoisotopic (exact) mass is 311 g/mol. The van der Waals surface area contributed by atoms with E-state index in [9.17, 15) is 4.79 Å². The number of hydrogen-bond donors (Lipinski definition) is 1. The maximum Gasteiger partial charge on any atom is 0.240 e. The fourth-order valence-corrected chi connectivity index (χ4v) is 2.69. The molecule has 0 aliphatic heterocycles. The van der Waals surface area contributed by atoms with Crippen LogP contribution in [0.15, 0.2) is 42.9 Å². The number of nitrogens with one attached hydrogen (secondary N) is 1. The Morgan fingerprint density at radius 2 is 2.04 bits per heavy atom. The van der Waals surface area contributed by atoms with E-state index in [0.717, 1.165) is 16.7 Å². The van der Waals surface area contributed by atoms with Gasteiger partial charge in [-0.15, -0.1) is 10.2 Å². The Morgan fingerprint density at radius 1 is 1.22 bits per heavy atom. The lowest BCUT2D eigenvalue weighted by molar-refractivity contribution is -0.121. The van der Waals surface area contributed by atoms with Crippen molar-refractivity contribution < 1.29 is 4.79 Å². The Bertz CT molecular complexity index is 802. The van der Waals surface area contributed by atoms with E-state index in [0.29, 0.717) is 25.6 Å². The minimum absolute atomic E-state index is 0.00512. The highest BCUT2D eigenvalue weighted by atomic mass is 16.1. The second kappa shape index (κ2) is 6.64. The number of para-hydroxylation sites is 1. The van der Waals surface area contributed by atoms with E-state index in [2.05, 4.69) is 29.4 Å². The molecular formula is C17H21N5O. The summed E-state index contributed by atoms with van der Waals surface area (Å²) in [5, 5.41) is 12.1. The lowest BCUT2D eigenvalue weighted by atomic mass is 10.2. The molecule has 3 aromatic rings. The lowest BCUT2D eigenvalue weighted by Gasteiger charge is -2.10. The molecule has 1 N–H and O–H groups in total. The maximum absolute atomic E-state index is 12.1. The number of hydrogen-bond acceptors (Lipinski definition) is 3. The number of carbonyl (C=O) groups excluding carboxylic acids is 1. The highest BCUT2D eigenvalue weighted by molar-refractivity contribution is 5.83. The van der Waals surface area contributed by atoms with Crippen molar-refractivity contribution in [2.75, 3.05) is 6.54 Å². The molecule has 2 aromatic heterocycles. The fraction of sp³-hybridized carbons (Fsp3) is 0.353. The van der Waals surface area contributed by atoms with Gasteiger partial charge in [0.05, 0.1) is 0 Å². The molecule has 2 heterocycles. The molecule has 0 bridgehead atoms. The summed E-state index contributed by atoms with van der Waals surface area (Å²) < 4.78 is 3.94. The van der Waals surface area contributed by atoms with Crippen molar-refractivity contribution in [3.05, 3.63) is 48.7 Å². The normalized spacial score (nSPS) is 11.3. The van der Waals surface area contributed by atoms with Gasteiger partial charge in [0.15, 0.2) is 0 Å². The number of nitrogens with zero attached hydrogens (tertiary/aromatic N) is 4. The molecule has 0 aliphatic rings. The van der Waals surface area contributed by atoms with Gasteiger partial charge in [0.1, 0.15) is 18.7 Å². The van der Waals surface area contributed by atoms with Crippen LogP contribution in [-0.2, 0) is 17.9 Å². The van der Waals surface area contributed by atoms with Crippen molar-refractivity contribution in [1.82, 2.24) is 24.6 Å². The number of aromatic nitrogens is 4. The summed E-state index contributed by atoms with van der Waals surface area (Å²) in [7, 11) is 0. The minimum atomic E-state index is 0.00512. The summed E-state index contributed by atoms with van der Waals surface area (Å²) in [6, 6.07) is 10.1. The van der Waals surface area contributed by atoms with Gasteiger partial charge < -0.3 is 14.5 Å². The van der Waals surface area contributed by atoms with E-state index >= 15 is 0 Å². The van der Waals surface area contributed by atoms with Crippen LogP contribution >= 0.6 is 0 Å². The Morgan fingerprint density at radius 3 is 2.87 bits per heavy atom. The molecule has 120 valence electrons. The van der Waals surface area contributed by atoms with Gasteiger partial charge in [-0.3, -0.25) is 4.79 Å². The van der Waals surface area contributed by atoms with Crippen LogP contribution in [0.1, 0.15) is 25.6 Å².